The SMILES string of the molecule is CCNC(C)(CC(C)N1CCCCCC1)C(N)=O. The maximum absolute atomic E-state index is 11.6. The number of hydrogen-bond acceptors (Lipinski definition) is 3. The van der Waals surface area contributed by atoms with Crippen molar-refractivity contribution in [3.8, 4) is 0 Å². The van der Waals surface area contributed by atoms with Gasteiger partial charge in [-0.25, -0.2) is 0 Å². The van der Waals surface area contributed by atoms with Crippen molar-refractivity contribution >= 4 is 5.91 Å². The first-order valence-corrected chi connectivity index (χ1v) is 7.28. The lowest BCUT2D eigenvalue weighted by atomic mass is 9.92. The highest BCUT2D eigenvalue weighted by Gasteiger charge is 2.33. The van der Waals surface area contributed by atoms with Crippen LogP contribution in [0.1, 0.15) is 52.9 Å². The van der Waals surface area contributed by atoms with Gasteiger partial charge in [-0.1, -0.05) is 19.8 Å². The third-order valence-corrected chi connectivity index (χ3v) is 4.08. The number of carbonyl (C=O) groups is 1. The first kappa shape index (κ1) is 15.4. The zero-order valence-corrected chi connectivity index (χ0v) is 12.2. The largest absolute Gasteiger partial charge is 0.368 e. The van der Waals surface area contributed by atoms with E-state index in [-0.39, 0.29) is 5.91 Å². The van der Waals surface area contributed by atoms with Crippen molar-refractivity contribution in [2.24, 2.45) is 5.73 Å². The van der Waals surface area contributed by atoms with Gasteiger partial charge in [0.05, 0.1) is 5.54 Å². The Morgan fingerprint density at radius 1 is 1.33 bits per heavy atom. The highest BCUT2D eigenvalue weighted by molar-refractivity contribution is 5.84. The number of nitrogens with zero attached hydrogens (tertiary/aromatic N) is 1. The number of amides is 1. The van der Waals surface area contributed by atoms with Gasteiger partial charge in [0.1, 0.15) is 0 Å². The molecule has 4 nitrogen and oxygen atoms in total. The summed E-state index contributed by atoms with van der Waals surface area (Å²) in [6, 6.07) is 0.402. The lowest BCUT2D eigenvalue weighted by molar-refractivity contribution is -0.124. The van der Waals surface area contributed by atoms with Crippen LogP contribution in [0.2, 0.25) is 0 Å². The second-order valence-electron chi connectivity index (χ2n) is 5.73. The van der Waals surface area contributed by atoms with E-state index in [2.05, 4.69) is 17.1 Å². The molecule has 0 radical (unpaired) electrons. The highest BCUT2D eigenvalue weighted by atomic mass is 16.1. The van der Waals surface area contributed by atoms with E-state index in [1.54, 1.807) is 0 Å². The van der Waals surface area contributed by atoms with Crippen LogP contribution in [0.25, 0.3) is 0 Å². The smallest absolute Gasteiger partial charge is 0.237 e. The zero-order valence-electron chi connectivity index (χ0n) is 12.2. The van der Waals surface area contributed by atoms with Crippen LogP contribution >= 0.6 is 0 Å². The zero-order chi connectivity index (χ0) is 13.6. The Kier molecular flexibility index (Phi) is 6.09. The fraction of sp³-hybridized carbons (Fsp3) is 0.929. The lowest BCUT2D eigenvalue weighted by Gasteiger charge is -2.35. The number of hydrogen-bond donors (Lipinski definition) is 2. The molecular formula is C14H29N3O. The summed E-state index contributed by atoms with van der Waals surface area (Å²) >= 11 is 0. The second-order valence-corrected chi connectivity index (χ2v) is 5.73. The van der Waals surface area contributed by atoms with E-state index in [1.807, 2.05) is 13.8 Å². The van der Waals surface area contributed by atoms with E-state index in [4.69, 9.17) is 5.73 Å². The normalized spacial score (nSPS) is 23.1. The highest BCUT2D eigenvalue weighted by Crippen LogP contribution is 2.19. The fourth-order valence-electron chi connectivity index (χ4n) is 2.91. The Morgan fingerprint density at radius 2 is 1.89 bits per heavy atom. The molecule has 2 atom stereocenters. The van der Waals surface area contributed by atoms with Crippen molar-refractivity contribution in [3.05, 3.63) is 0 Å². The number of likely N-dealkylation sites (tertiary alicyclic amines) is 1. The molecule has 0 aromatic carbocycles. The Morgan fingerprint density at radius 3 is 2.33 bits per heavy atom. The van der Waals surface area contributed by atoms with Gasteiger partial charge in [-0.15, -0.1) is 0 Å². The van der Waals surface area contributed by atoms with E-state index in [9.17, 15) is 4.79 Å². The molecule has 1 saturated heterocycles. The molecule has 0 aromatic heterocycles. The molecule has 3 N–H and O–H groups in total. The molecule has 1 heterocycles. The standard InChI is InChI=1S/C14H29N3O/c1-4-16-14(3,13(15)18)11-12(2)17-9-7-5-6-8-10-17/h12,16H,4-11H2,1-3H3,(H2,15,18). The summed E-state index contributed by atoms with van der Waals surface area (Å²) in [4.78, 5) is 14.1. The fourth-order valence-corrected chi connectivity index (χ4v) is 2.91. The predicted octanol–water partition coefficient (Wildman–Crippen LogP) is 1.49. The van der Waals surface area contributed by atoms with Gasteiger partial charge in [-0.3, -0.25) is 4.79 Å². The van der Waals surface area contributed by atoms with E-state index in [0.29, 0.717) is 6.04 Å². The summed E-state index contributed by atoms with van der Waals surface area (Å²) in [5.74, 6) is -0.244. The average Bonchev–Trinajstić information content (AvgIpc) is 2.57. The van der Waals surface area contributed by atoms with Crippen molar-refractivity contribution in [2.45, 2.75) is 64.5 Å². The Hall–Kier alpha value is -0.610. The summed E-state index contributed by atoms with van der Waals surface area (Å²) in [5.41, 5.74) is 4.96. The lowest BCUT2D eigenvalue weighted by Crippen LogP contribution is -2.56. The predicted molar refractivity (Wildman–Crippen MR) is 75.4 cm³/mol. The third kappa shape index (κ3) is 4.25. The number of likely N-dealkylation sites (N-methyl/N-ethyl adjacent to an activating group) is 1. The first-order chi connectivity index (χ1) is 8.49. The summed E-state index contributed by atoms with van der Waals surface area (Å²) in [6.07, 6.45) is 6.01. The molecule has 2 unspecified atom stereocenters. The molecule has 18 heavy (non-hydrogen) atoms. The number of nitrogens with two attached hydrogens (primary N) is 1. The first-order valence-electron chi connectivity index (χ1n) is 7.28. The van der Waals surface area contributed by atoms with Crippen LogP contribution in [-0.2, 0) is 4.79 Å². The van der Waals surface area contributed by atoms with E-state index >= 15 is 0 Å². The van der Waals surface area contributed by atoms with Crippen LogP contribution in [0.3, 0.4) is 0 Å². The van der Waals surface area contributed by atoms with E-state index in [1.165, 1.54) is 25.7 Å². The molecule has 1 fully saturated rings. The third-order valence-electron chi connectivity index (χ3n) is 4.08. The summed E-state index contributed by atoms with van der Waals surface area (Å²) < 4.78 is 0. The van der Waals surface area contributed by atoms with Crippen LogP contribution in [-0.4, -0.2) is 42.0 Å². The molecule has 1 amide bonds. The number of primary amides is 1. The molecule has 1 aliphatic rings. The van der Waals surface area contributed by atoms with Gasteiger partial charge in [-0.05, 0) is 52.7 Å². The van der Waals surface area contributed by atoms with Gasteiger partial charge >= 0.3 is 0 Å². The van der Waals surface area contributed by atoms with Gasteiger partial charge in [-0.2, -0.15) is 0 Å². The molecule has 0 bridgehead atoms. The topological polar surface area (TPSA) is 58.4 Å². The maximum Gasteiger partial charge on any atom is 0.237 e. The van der Waals surface area contributed by atoms with Crippen molar-refractivity contribution in [2.75, 3.05) is 19.6 Å². The average molecular weight is 255 g/mol. The molecule has 4 heteroatoms. The minimum atomic E-state index is -0.583. The molecular weight excluding hydrogens is 226 g/mol. The summed E-state index contributed by atoms with van der Waals surface area (Å²) in [6.45, 7) is 9.23. The summed E-state index contributed by atoms with van der Waals surface area (Å²) in [7, 11) is 0. The minimum Gasteiger partial charge on any atom is -0.368 e. The van der Waals surface area contributed by atoms with Crippen molar-refractivity contribution in [1.29, 1.82) is 0 Å². The monoisotopic (exact) mass is 255 g/mol. The van der Waals surface area contributed by atoms with Crippen LogP contribution in [0.15, 0.2) is 0 Å². The van der Waals surface area contributed by atoms with Crippen LogP contribution < -0.4 is 11.1 Å². The van der Waals surface area contributed by atoms with Gasteiger partial charge in [0, 0.05) is 6.04 Å². The Labute approximate surface area is 111 Å². The molecule has 0 saturated carbocycles. The number of rotatable bonds is 6. The molecule has 0 spiro atoms. The quantitative estimate of drug-likeness (QED) is 0.756. The molecule has 0 aliphatic carbocycles. The molecule has 106 valence electrons. The van der Waals surface area contributed by atoms with Crippen LogP contribution in [0.5, 0.6) is 0 Å². The molecule has 0 aromatic rings. The Balaban J connectivity index is 2.59. The summed E-state index contributed by atoms with van der Waals surface area (Å²) in [5, 5.41) is 3.24. The van der Waals surface area contributed by atoms with Crippen LogP contribution in [0, 0.1) is 0 Å². The van der Waals surface area contributed by atoms with Crippen LogP contribution in [0.4, 0.5) is 0 Å². The Bertz CT molecular complexity index is 262. The van der Waals surface area contributed by atoms with Gasteiger partial charge in [0.2, 0.25) is 5.91 Å². The minimum absolute atomic E-state index is 0.244. The molecule has 1 aliphatic heterocycles. The molecule has 1 rings (SSSR count). The van der Waals surface area contributed by atoms with Gasteiger partial charge in [0.25, 0.3) is 0 Å². The second kappa shape index (κ2) is 7.10. The van der Waals surface area contributed by atoms with E-state index < -0.39 is 5.54 Å². The maximum atomic E-state index is 11.6. The van der Waals surface area contributed by atoms with Gasteiger partial charge in [0.15, 0.2) is 0 Å². The van der Waals surface area contributed by atoms with E-state index in [0.717, 1.165) is 26.1 Å². The number of carbonyl (C=O) groups excluding carboxylic acids is 1. The van der Waals surface area contributed by atoms with Crippen molar-refractivity contribution in [1.82, 2.24) is 10.2 Å². The van der Waals surface area contributed by atoms with Crippen molar-refractivity contribution < 1.29 is 4.79 Å². The van der Waals surface area contributed by atoms with Crippen molar-refractivity contribution in [3.63, 3.8) is 0 Å². The van der Waals surface area contributed by atoms with Gasteiger partial charge < -0.3 is 16.0 Å². The number of nitrogens with one attached hydrogen (secondary N) is 1.